The van der Waals surface area contributed by atoms with Gasteiger partial charge >= 0.3 is 0 Å². The molecule has 5 nitrogen and oxygen atoms in total. The average Bonchev–Trinajstić information content (AvgIpc) is 2.83. The summed E-state index contributed by atoms with van der Waals surface area (Å²) in [5.74, 6) is 0.138. The molecule has 2 unspecified atom stereocenters. The summed E-state index contributed by atoms with van der Waals surface area (Å²) in [6.45, 7) is 12.2. The highest BCUT2D eigenvalue weighted by Gasteiger charge is 2.42. The fourth-order valence-corrected chi connectivity index (χ4v) is 4.58. The normalized spacial score (nSPS) is 23.3. The summed E-state index contributed by atoms with van der Waals surface area (Å²) in [6.07, 6.45) is 0.486. The fraction of sp³-hybridized carbons (Fsp3) is 0.458. The van der Waals surface area contributed by atoms with Crippen LogP contribution in [-0.4, -0.2) is 38.3 Å². The minimum absolute atomic E-state index is 0.138. The van der Waals surface area contributed by atoms with E-state index in [0.717, 1.165) is 35.7 Å². The Morgan fingerprint density at radius 3 is 2.41 bits per heavy atom. The van der Waals surface area contributed by atoms with E-state index in [1.54, 1.807) is 4.90 Å². The third-order valence-electron chi connectivity index (χ3n) is 6.14. The van der Waals surface area contributed by atoms with Crippen molar-refractivity contribution in [3.63, 3.8) is 0 Å². The molecule has 154 valence electrons. The molecule has 1 N–H and O–H groups in total. The second-order valence-corrected chi connectivity index (χ2v) is 9.01. The van der Waals surface area contributed by atoms with Crippen LogP contribution in [0.5, 0.6) is 0 Å². The lowest BCUT2D eigenvalue weighted by Gasteiger charge is -2.37. The molecule has 0 saturated carbocycles. The van der Waals surface area contributed by atoms with Crippen LogP contribution < -0.4 is 15.1 Å². The highest BCUT2D eigenvalue weighted by molar-refractivity contribution is 6.07. The Labute approximate surface area is 173 Å². The van der Waals surface area contributed by atoms with E-state index in [0.29, 0.717) is 0 Å². The number of ether oxygens (including phenoxy) is 1. The molecule has 0 aliphatic carbocycles. The highest BCUT2D eigenvalue weighted by atomic mass is 16.5. The first kappa shape index (κ1) is 19.8. The first-order valence-corrected chi connectivity index (χ1v) is 10.4. The van der Waals surface area contributed by atoms with Crippen molar-refractivity contribution in [1.29, 1.82) is 0 Å². The Morgan fingerprint density at radius 1 is 1.07 bits per heavy atom. The number of carbonyl (C=O) groups excluding carboxylic acids is 1. The van der Waals surface area contributed by atoms with Gasteiger partial charge in [-0.25, -0.2) is 0 Å². The molecular weight excluding hydrogens is 362 g/mol. The molecule has 5 heteroatoms. The van der Waals surface area contributed by atoms with Gasteiger partial charge in [0, 0.05) is 42.9 Å². The zero-order valence-electron chi connectivity index (χ0n) is 18.2. The summed E-state index contributed by atoms with van der Waals surface area (Å²) in [7, 11) is 1.85. The number of benzene rings is 2. The molecule has 0 radical (unpaired) electrons. The topological polar surface area (TPSA) is 44.8 Å². The molecule has 0 spiro atoms. The molecule has 1 fully saturated rings. The first-order valence-electron chi connectivity index (χ1n) is 10.4. The van der Waals surface area contributed by atoms with Crippen LogP contribution in [0, 0.1) is 6.92 Å². The standard InChI is InChI=1S/C24H31N3O2/c1-15-11-19(27-13-16(2)29-17(3)14-27)8-9-21(15)25-18-7-10-22-20(12-18)24(4,5)23(28)26(22)6/h7-12,16-17,25H,13-14H2,1-6H3. The molecule has 2 aromatic carbocycles. The van der Waals surface area contributed by atoms with Gasteiger partial charge in [0.25, 0.3) is 0 Å². The van der Waals surface area contributed by atoms with Crippen molar-refractivity contribution in [1.82, 2.24) is 0 Å². The zero-order valence-corrected chi connectivity index (χ0v) is 18.2. The number of likely N-dealkylation sites (N-methyl/N-ethyl adjacent to an activating group) is 1. The number of amides is 1. The molecule has 0 bridgehead atoms. The van der Waals surface area contributed by atoms with Crippen molar-refractivity contribution in [2.75, 3.05) is 35.3 Å². The maximum atomic E-state index is 12.5. The molecule has 4 rings (SSSR count). The van der Waals surface area contributed by atoms with Crippen LogP contribution in [0.1, 0.15) is 38.8 Å². The van der Waals surface area contributed by atoms with Crippen molar-refractivity contribution in [2.24, 2.45) is 0 Å². The Kier molecular flexibility index (Phi) is 4.82. The van der Waals surface area contributed by atoms with E-state index < -0.39 is 5.41 Å². The van der Waals surface area contributed by atoms with Crippen LogP contribution in [0.25, 0.3) is 0 Å². The number of morpholine rings is 1. The third-order valence-corrected chi connectivity index (χ3v) is 6.14. The summed E-state index contributed by atoms with van der Waals surface area (Å²) in [6, 6.07) is 12.7. The molecule has 2 aliphatic heterocycles. The van der Waals surface area contributed by atoms with Crippen molar-refractivity contribution in [2.45, 2.75) is 52.2 Å². The van der Waals surface area contributed by atoms with Crippen LogP contribution in [0.2, 0.25) is 0 Å². The molecular formula is C24H31N3O2. The maximum Gasteiger partial charge on any atom is 0.236 e. The Balaban J connectivity index is 1.57. The van der Waals surface area contributed by atoms with E-state index in [9.17, 15) is 4.79 Å². The minimum Gasteiger partial charge on any atom is -0.372 e. The lowest BCUT2D eigenvalue weighted by atomic mass is 9.86. The molecule has 1 amide bonds. The SMILES string of the molecule is Cc1cc(N2CC(C)OC(C)C2)ccc1Nc1ccc2c(c1)C(C)(C)C(=O)N2C. The lowest BCUT2D eigenvalue weighted by Crippen LogP contribution is -2.45. The number of rotatable bonds is 3. The van der Waals surface area contributed by atoms with E-state index in [2.05, 4.69) is 55.3 Å². The molecule has 1 saturated heterocycles. The van der Waals surface area contributed by atoms with Crippen molar-refractivity contribution < 1.29 is 9.53 Å². The fourth-order valence-electron chi connectivity index (χ4n) is 4.58. The van der Waals surface area contributed by atoms with Crippen LogP contribution in [0.15, 0.2) is 36.4 Å². The van der Waals surface area contributed by atoms with Gasteiger partial charge in [-0.3, -0.25) is 4.79 Å². The van der Waals surface area contributed by atoms with Gasteiger partial charge in [-0.1, -0.05) is 0 Å². The minimum atomic E-state index is -0.496. The number of nitrogens with zero attached hydrogens (tertiary/aromatic N) is 2. The Bertz CT molecular complexity index is 943. The highest BCUT2D eigenvalue weighted by Crippen LogP contribution is 2.42. The Hall–Kier alpha value is -2.53. The van der Waals surface area contributed by atoms with Gasteiger partial charge in [0.2, 0.25) is 5.91 Å². The van der Waals surface area contributed by atoms with E-state index >= 15 is 0 Å². The number of hydrogen-bond donors (Lipinski definition) is 1. The number of fused-ring (bicyclic) bond motifs is 1. The number of anilines is 4. The second-order valence-electron chi connectivity index (χ2n) is 9.01. The first-order chi connectivity index (χ1) is 13.7. The zero-order chi connectivity index (χ0) is 20.9. The predicted molar refractivity (Wildman–Crippen MR) is 120 cm³/mol. The van der Waals surface area contributed by atoms with Gasteiger partial charge in [0.15, 0.2) is 0 Å². The number of aryl methyl sites for hydroxylation is 1. The molecule has 2 atom stereocenters. The lowest BCUT2D eigenvalue weighted by molar-refractivity contribution is -0.121. The average molecular weight is 394 g/mol. The summed E-state index contributed by atoms with van der Waals surface area (Å²) in [5, 5.41) is 3.54. The van der Waals surface area contributed by atoms with Crippen molar-refractivity contribution >= 4 is 28.7 Å². The maximum absolute atomic E-state index is 12.5. The molecule has 2 aliphatic rings. The van der Waals surface area contributed by atoms with Crippen molar-refractivity contribution in [3.8, 4) is 0 Å². The Morgan fingerprint density at radius 2 is 1.76 bits per heavy atom. The number of nitrogens with one attached hydrogen (secondary N) is 1. The van der Waals surface area contributed by atoms with Crippen LogP contribution in [0.4, 0.5) is 22.7 Å². The van der Waals surface area contributed by atoms with E-state index in [1.807, 2.05) is 33.0 Å². The summed E-state index contributed by atoms with van der Waals surface area (Å²) >= 11 is 0. The van der Waals surface area contributed by atoms with Gasteiger partial charge in [-0.2, -0.15) is 0 Å². The van der Waals surface area contributed by atoms with Crippen LogP contribution >= 0.6 is 0 Å². The van der Waals surface area contributed by atoms with E-state index in [-0.39, 0.29) is 18.1 Å². The van der Waals surface area contributed by atoms with Crippen LogP contribution in [-0.2, 0) is 14.9 Å². The van der Waals surface area contributed by atoms with Crippen molar-refractivity contribution in [3.05, 3.63) is 47.5 Å². The molecule has 2 aromatic rings. The van der Waals surface area contributed by atoms with Gasteiger partial charge in [0.1, 0.15) is 0 Å². The second kappa shape index (κ2) is 7.06. The van der Waals surface area contributed by atoms with Gasteiger partial charge in [-0.15, -0.1) is 0 Å². The van der Waals surface area contributed by atoms with Gasteiger partial charge in [0.05, 0.1) is 17.6 Å². The summed E-state index contributed by atoms with van der Waals surface area (Å²) in [4.78, 5) is 16.7. The summed E-state index contributed by atoms with van der Waals surface area (Å²) < 4.78 is 5.86. The molecule has 0 aromatic heterocycles. The molecule has 29 heavy (non-hydrogen) atoms. The predicted octanol–water partition coefficient (Wildman–Crippen LogP) is 4.61. The quantitative estimate of drug-likeness (QED) is 0.827. The number of hydrogen-bond acceptors (Lipinski definition) is 4. The van der Waals surface area contributed by atoms with Crippen LogP contribution in [0.3, 0.4) is 0 Å². The monoisotopic (exact) mass is 393 g/mol. The summed E-state index contributed by atoms with van der Waals surface area (Å²) in [5.41, 5.74) is 6.08. The van der Waals surface area contributed by atoms with E-state index in [1.165, 1.54) is 11.3 Å². The molecule has 2 heterocycles. The number of carbonyl (C=O) groups is 1. The largest absolute Gasteiger partial charge is 0.372 e. The van der Waals surface area contributed by atoms with E-state index in [4.69, 9.17) is 4.74 Å². The van der Waals surface area contributed by atoms with Gasteiger partial charge in [-0.05, 0) is 82.1 Å². The third kappa shape index (κ3) is 3.48. The van der Waals surface area contributed by atoms with Gasteiger partial charge < -0.3 is 19.9 Å². The smallest absolute Gasteiger partial charge is 0.236 e.